The number of hydrogen-bond acceptors (Lipinski definition) is 6. The standard InChI is InChI=1S/C16H20ClN5O3S/c1-10(14(23)19-15(24)18-2)26-16-21-20-13(22(16)8-9-25-3)11-4-6-12(17)7-5-11/h4-7,10H,8-9H2,1-3H3,(H2,18,19,23,24)/t10-/m0/s1. The molecule has 0 unspecified atom stereocenters. The van der Waals surface area contributed by atoms with Crippen LogP contribution in [0.4, 0.5) is 4.79 Å². The number of urea groups is 1. The molecule has 26 heavy (non-hydrogen) atoms. The Hall–Kier alpha value is -2.10. The summed E-state index contributed by atoms with van der Waals surface area (Å²) in [5, 5.41) is 13.7. The van der Waals surface area contributed by atoms with Crippen molar-refractivity contribution in [1.29, 1.82) is 0 Å². The highest BCUT2D eigenvalue weighted by atomic mass is 35.5. The van der Waals surface area contributed by atoms with Gasteiger partial charge in [0.2, 0.25) is 5.91 Å². The molecule has 0 saturated heterocycles. The number of halogens is 1. The number of thioether (sulfide) groups is 1. The first-order valence-corrected chi connectivity index (χ1v) is 9.09. The number of hydrogen-bond donors (Lipinski definition) is 2. The second-order valence-corrected chi connectivity index (χ2v) is 7.03. The van der Waals surface area contributed by atoms with Gasteiger partial charge in [0.1, 0.15) is 0 Å². The lowest BCUT2D eigenvalue weighted by molar-refractivity contribution is -0.119. The lowest BCUT2D eigenvalue weighted by atomic mass is 10.2. The fourth-order valence-corrected chi connectivity index (χ4v) is 3.06. The van der Waals surface area contributed by atoms with Crippen molar-refractivity contribution >= 4 is 35.3 Å². The van der Waals surface area contributed by atoms with Crippen molar-refractivity contribution in [3.8, 4) is 11.4 Å². The van der Waals surface area contributed by atoms with E-state index >= 15 is 0 Å². The van der Waals surface area contributed by atoms with Gasteiger partial charge in [0, 0.05) is 24.7 Å². The number of carbonyl (C=O) groups is 2. The minimum Gasteiger partial charge on any atom is -0.383 e. The molecule has 0 aliphatic heterocycles. The maximum atomic E-state index is 12.1. The van der Waals surface area contributed by atoms with E-state index in [9.17, 15) is 9.59 Å². The van der Waals surface area contributed by atoms with Crippen LogP contribution < -0.4 is 10.6 Å². The number of ether oxygens (including phenoxy) is 1. The molecule has 10 heteroatoms. The van der Waals surface area contributed by atoms with Crippen LogP contribution in [0.5, 0.6) is 0 Å². The molecule has 8 nitrogen and oxygen atoms in total. The van der Waals surface area contributed by atoms with Crippen LogP contribution in [0.1, 0.15) is 6.92 Å². The summed E-state index contributed by atoms with van der Waals surface area (Å²) in [7, 11) is 3.05. The highest BCUT2D eigenvalue weighted by Crippen LogP contribution is 2.27. The fraction of sp³-hybridized carbons (Fsp3) is 0.375. The number of carbonyl (C=O) groups excluding carboxylic acids is 2. The number of imide groups is 1. The molecule has 3 amide bonds. The molecule has 0 fully saturated rings. The van der Waals surface area contributed by atoms with Crippen molar-refractivity contribution in [3.63, 3.8) is 0 Å². The van der Waals surface area contributed by atoms with E-state index in [1.54, 1.807) is 26.2 Å². The van der Waals surface area contributed by atoms with Crippen LogP contribution in [0, 0.1) is 0 Å². The number of benzene rings is 1. The molecule has 2 aromatic rings. The van der Waals surface area contributed by atoms with Crippen LogP contribution in [0.15, 0.2) is 29.4 Å². The van der Waals surface area contributed by atoms with Gasteiger partial charge in [-0.2, -0.15) is 0 Å². The van der Waals surface area contributed by atoms with Gasteiger partial charge >= 0.3 is 6.03 Å². The Kier molecular flexibility index (Phi) is 7.43. The smallest absolute Gasteiger partial charge is 0.321 e. The van der Waals surface area contributed by atoms with Gasteiger partial charge in [0.05, 0.1) is 18.4 Å². The normalized spacial score (nSPS) is 11.8. The molecule has 1 aromatic heterocycles. The monoisotopic (exact) mass is 397 g/mol. The van der Waals surface area contributed by atoms with Crippen molar-refractivity contribution in [1.82, 2.24) is 25.4 Å². The second-order valence-electron chi connectivity index (χ2n) is 5.29. The van der Waals surface area contributed by atoms with Crippen LogP contribution in [0.25, 0.3) is 11.4 Å². The Morgan fingerprint density at radius 2 is 2.00 bits per heavy atom. The number of methoxy groups -OCH3 is 1. The lowest BCUT2D eigenvalue weighted by Crippen LogP contribution is -2.41. The summed E-state index contributed by atoms with van der Waals surface area (Å²) >= 11 is 7.16. The lowest BCUT2D eigenvalue weighted by Gasteiger charge is -2.13. The molecule has 1 heterocycles. The fourth-order valence-electron chi connectivity index (χ4n) is 2.06. The van der Waals surface area contributed by atoms with Crippen molar-refractivity contribution in [3.05, 3.63) is 29.3 Å². The van der Waals surface area contributed by atoms with Crippen LogP contribution in [-0.4, -0.2) is 52.7 Å². The Bertz CT molecular complexity index is 766. The third kappa shape index (κ3) is 5.20. The number of amides is 3. The van der Waals surface area contributed by atoms with Gasteiger partial charge in [0.25, 0.3) is 0 Å². The van der Waals surface area contributed by atoms with E-state index in [-0.39, 0.29) is 0 Å². The average molecular weight is 398 g/mol. The predicted octanol–water partition coefficient (Wildman–Crippen LogP) is 2.18. The van der Waals surface area contributed by atoms with Crippen molar-refractivity contribution in [2.45, 2.75) is 23.9 Å². The number of aromatic nitrogens is 3. The van der Waals surface area contributed by atoms with E-state index in [1.165, 1.54) is 18.8 Å². The molecule has 2 N–H and O–H groups in total. The Morgan fingerprint density at radius 3 is 2.62 bits per heavy atom. The Labute approximate surface area is 160 Å². The zero-order valence-corrected chi connectivity index (χ0v) is 16.2. The summed E-state index contributed by atoms with van der Waals surface area (Å²) in [5.41, 5.74) is 0.854. The summed E-state index contributed by atoms with van der Waals surface area (Å²) in [4.78, 5) is 23.4. The summed E-state index contributed by atoms with van der Waals surface area (Å²) in [6, 6.07) is 6.71. The van der Waals surface area contributed by atoms with E-state index in [1.807, 2.05) is 16.7 Å². The Balaban J connectivity index is 2.23. The summed E-state index contributed by atoms with van der Waals surface area (Å²) < 4.78 is 7.04. The number of nitrogens with zero attached hydrogens (tertiary/aromatic N) is 3. The van der Waals surface area contributed by atoms with E-state index in [0.717, 1.165) is 5.56 Å². The average Bonchev–Trinajstić information content (AvgIpc) is 3.02. The van der Waals surface area contributed by atoms with Crippen LogP contribution >= 0.6 is 23.4 Å². The predicted molar refractivity (Wildman–Crippen MR) is 100 cm³/mol. The molecule has 0 radical (unpaired) electrons. The maximum Gasteiger partial charge on any atom is 0.321 e. The van der Waals surface area contributed by atoms with E-state index in [4.69, 9.17) is 16.3 Å². The topological polar surface area (TPSA) is 98.1 Å². The van der Waals surface area contributed by atoms with Gasteiger partial charge in [-0.15, -0.1) is 10.2 Å². The molecule has 0 bridgehead atoms. The highest BCUT2D eigenvalue weighted by molar-refractivity contribution is 8.00. The van der Waals surface area contributed by atoms with Gasteiger partial charge in [-0.1, -0.05) is 23.4 Å². The molecule has 1 atom stereocenters. The van der Waals surface area contributed by atoms with E-state index < -0.39 is 17.2 Å². The molecule has 140 valence electrons. The molecular weight excluding hydrogens is 378 g/mol. The first-order valence-electron chi connectivity index (χ1n) is 7.83. The summed E-state index contributed by atoms with van der Waals surface area (Å²) in [5.74, 6) is 0.240. The second kappa shape index (κ2) is 9.56. The van der Waals surface area contributed by atoms with Crippen LogP contribution in [0.2, 0.25) is 5.02 Å². The van der Waals surface area contributed by atoms with Gasteiger partial charge in [0.15, 0.2) is 11.0 Å². The summed E-state index contributed by atoms with van der Waals surface area (Å²) in [6.45, 7) is 2.68. The molecule has 0 aliphatic carbocycles. The van der Waals surface area contributed by atoms with Gasteiger partial charge < -0.3 is 10.1 Å². The van der Waals surface area contributed by atoms with Gasteiger partial charge in [-0.25, -0.2) is 4.79 Å². The Morgan fingerprint density at radius 1 is 1.31 bits per heavy atom. The van der Waals surface area contributed by atoms with Crippen molar-refractivity contribution in [2.24, 2.45) is 0 Å². The third-order valence-corrected chi connectivity index (χ3v) is 4.79. The molecule has 0 aliphatic rings. The SMILES string of the molecule is CNC(=O)NC(=O)[C@H](C)Sc1nnc(-c2ccc(Cl)cc2)n1CCOC. The summed E-state index contributed by atoms with van der Waals surface area (Å²) in [6.07, 6.45) is 0. The van der Waals surface area contributed by atoms with Crippen molar-refractivity contribution < 1.29 is 14.3 Å². The number of rotatable bonds is 7. The van der Waals surface area contributed by atoms with Gasteiger partial charge in [-0.05, 0) is 31.2 Å². The van der Waals surface area contributed by atoms with Gasteiger partial charge in [-0.3, -0.25) is 14.7 Å². The molecule has 0 saturated carbocycles. The minimum atomic E-state index is -0.551. The zero-order valence-electron chi connectivity index (χ0n) is 14.7. The first-order chi connectivity index (χ1) is 12.5. The molecule has 1 aromatic carbocycles. The molecule has 0 spiro atoms. The number of nitrogens with one attached hydrogen (secondary N) is 2. The van der Waals surface area contributed by atoms with E-state index in [0.29, 0.717) is 29.2 Å². The van der Waals surface area contributed by atoms with Crippen LogP contribution in [-0.2, 0) is 16.1 Å². The van der Waals surface area contributed by atoms with Crippen molar-refractivity contribution in [2.75, 3.05) is 20.8 Å². The molecule has 2 rings (SSSR count). The van der Waals surface area contributed by atoms with Crippen LogP contribution in [0.3, 0.4) is 0 Å². The quantitative estimate of drug-likeness (QED) is 0.695. The minimum absolute atomic E-state index is 0.413. The molecular formula is C16H20ClN5O3S. The highest BCUT2D eigenvalue weighted by Gasteiger charge is 2.21. The maximum absolute atomic E-state index is 12.1. The largest absolute Gasteiger partial charge is 0.383 e. The third-order valence-electron chi connectivity index (χ3n) is 3.45. The van der Waals surface area contributed by atoms with E-state index in [2.05, 4.69) is 20.8 Å². The zero-order chi connectivity index (χ0) is 19.1. The first kappa shape index (κ1) is 20.2.